The minimum Gasteiger partial charge on any atom is -0.442 e. The van der Waals surface area contributed by atoms with Gasteiger partial charge in [0.15, 0.2) is 0 Å². The lowest BCUT2D eigenvalue weighted by Crippen LogP contribution is -2.32. The summed E-state index contributed by atoms with van der Waals surface area (Å²) in [4.78, 5) is 10.4. The normalized spacial score (nSPS) is 10.8. The third-order valence-electron chi connectivity index (χ3n) is 1.31. The number of amides is 1. The maximum absolute atomic E-state index is 10.4. The average Bonchev–Trinajstić information content (AvgIpc) is 1.87. The fourth-order valence-electron chi connectivity index (χ4n) is 0.346. The van der Waals surface area contributed by atoms with Crippen LogP contribution in [0.1, 0.15) is 27.2 Å². The molecule has 0 fully saturated rings. The molecule has 0 bridgehead atoms. The first kappa shape index (κ1) is 9.23. The number of carbonyl (C=O) groups is 1. The SMILES string of the molecule is CCC(C)(C)OC(=O)NO. The van der Waals surface area contributed by atoms with Crippen LogP contribution >= 0.6 is 0 Å². The smallest absolute Gasteiger partial charge is 0.431 e. The third kappa shape index (κ3) is 3.29. The molecule has 0 saturated heterocycles. The van der Waals surface area contributed by atoms with Crippen LogP contribution in [0.4, 0.5) is 4.79 Å². The van der Waals surface area contributed by atoms with Gasteiger partial charge in [-0.2, -0.15) is 0 Å². The Morgan fingerprint density at radius 2 is 2.20 bits per heavy atom. The largest absolute Gasteiger partial charge is 0.442 e. The highest BCUT2D eigenvalue weighted by Gasteiger charge is 2.19. The first-order valence-electron chi connectivity index (χ1n) is 3.15. The molecule has 1 amide bonds. The Morgan fingerprint density at radius 3 is 2.50 bits per heavy atom. The van der Waals surface area contributed by atoms with Crippen LogP contribution in [0.3, 0.4) is 0 Å². The second kappa shape index (κ2) is 3.41. The highest BCUT2D eigenvalue weighted by atomic mass is 16.6. The molecular weight excluding hydrogens is 134 g/mol. The number of hydrogen-bond donors (Lipinski definition) is 2. The highest BCUT2D eigenvalue weighted by Crippen LogP contribution is 2.12. The van der Waals surface area contributed by atoms with E-state index in [4.69, 9.17) is 9.94 Å². The lowest BCUT2D eigenvalue weighted by Gasteiger charge is -2.22. The molecule has 60 valence electrons. The Hall–Kier alpha value is -0.770. The quantitative estimate of drug-likeness (QED) is 0.457. The van der Waals surface area contributed by atoms with Crippen LogP contribution in [0.15, 0.2) is 0 Å². The fraction of sp³-hybridized carbons (Fsp3) is 0.833. The van der Waals surface area contributed by atoms with Crippen LogP contribution in [-0.2, 0) is 4.74 Å². The second-order valence-corrected chi connectivity index (χ2v) is 2.61. The molecule has 0 saturated carbocycles. The third-order valence-corrected chi connectivity index (χ3v) is 1.31. The summed E-state index contributed by atoms with van der Waals surface area (Å²) in [5.41, 5.74) is 0.887. The van der Waals surface area contributed by atoms with Gasteiger partial charge in [-0.3, -0.25) is 5.21 Å². The number of carbonyl (C=O) groups excluding carboxylic acids is 1. The molecule has 0 rings (SSSR count). The van der Waals surface area contributed by atoms with Gasteiger partial charge in [-0.1, -0.05) is 6.92 Å². The molecule has 10 heavy (non-hydrogen) atoms. The second-order valence-electron chi connectivity index (χ2n) is 2.61. The van der Waals surface area contributed by atoms with Gasteiger partial charge in [0, 0.05) is 0 Å². The van der Waals surface area contributed by atoms with Crippen molar-refractivity contribution in [3.8, 4) is 0 Å². The molecule has 0 aromatic rings. The topological polar surface area (TPSA) is 58.6 Å². The van der Waals surface area contributed by atoms with Gasteiger partial charge < -0.3 is 4.74 Å². The van der Waals surface area contributed by atoms with E-state index < -0.39 is 11.7 Å². The van der Waals surface area contributed by atoms with Crippen molar-refractivity contribution < 1.29 is 14.7 Å². The molecule has 0 atom stereocenters. The summed E-state index contributed by atoms with van der Waals surface area (Å²) in [6.45, 7) is 5.43. The molecule has 0 unspecified atom stereocenters. The van der Waals surface area contributed by atoms with Gasteiger partial charge in [0.2, 0.25) is 0 Å². The van der Waals surface area contributed by atoms with Crippen molar-refractivity contribution in [1.82, 2.24) is 5.48 Å². The van der Waals surface area contributed by atoms with Crippen molar-refractivity contribution in [1.29, 1.82) is 0 Å². The van der Waals surface area contributed by atoms with Gasteiger partial charge in [-0.15, -0.1) is 0 Å². The Bertz CT molecular complexity index is 122. The van der Waals surface area contributed by atoms with Crippen LogP contribution in [0.2, 0.25) is 0 Å². The zero-order valence-corrected chi connectivity index (χ0v) is 6.47. The molecule has 0 aromatic heterocycles. The molecule has 4 heteroatoms. The number of ether oxygens (including phenoxy) is 1. The summed E-state index contributed by atoms with van der Waals surface area (Å²) in [5, 5.41) is 8.07. The summed E-state index contributed by atoms with van der Waals surface area (Å²) in [6.07, 6.45) is -0.104. The van der Waals surface area contributed by atoms with Crippen molar-refractivity contribution in [3.05, 3.63) is 0 Å². The van der Waals surface area contributed by atoms with Crippen molar-refractivity contribution in [2.45, 2.75) is 32.8 Å². The van der Waals surface area contributed by atoms with Gasteiger partial charge in [0.05, 0.1) is 0 Å². The van der Waals surface area contributed by atoms with Crippen LogP contribution in [0.5, 0.6) is 0 Å². The van der Waals surface area contributed by atoms with Gasteiger partial charge in [-0.05, 0) is 20.3 Å². The first-order chi connectivity index (χ1) is 4.52. The Labute approximate surface area is 60.1 Å². The predicted molar refractivity (Wildman–Crippen MR) is 35.8 cm³/mol. The predicted octanol–water partition coefficient (Wildman–Crippen LogP) is 1.29. The van der Waals surface area contributed by atoms with E-state index in [1.807, 2.05) is 6.92 Å². The van der Waals surface area contributed by atoms with Crippen LogP contribution in [0.25, 0.3) is 0 Å². The minimum atomic E-state index is -0.813. The molecule has 4 nitrogen and oxygen atoms in total. The number of hydrogen-bond acceptors (Lipinski definition) is 3. The first-order valence-corrected chi connectivity index (χ1v) is 3.15. The van der Waals surface area contributed by atoms with Crippen molar-refractivity contribution >= 4 is 6.09 Å². The maximum Gasteiger partial charge on any atom is 0.431 e. The van der Waals surface area contributed by atoms with Gasteiger partial charge in [0.1, 0.15) is 5.60 Å². The molecule has 0 heterocycles. The van der Waals surface area contributed by atoms with Crippen molar-refractivity contribution in [3.63, 3.8) is 0 Å². The zero-order valence-electron chi connectivity index (χ0n) is 6.47. The Kier molecular flexibility index (Phi) is 3.15. The number of hydroxylamine groups is 1. The summed E-state index contributed by atoms with van der Waals surface area (Å²) < 4.78 is 4.74. The monoisotopic (exact) mass is 147 g/mol. The molecule has 0 aliphatic heterocycles. The number of nitrogens with one attached hydrogen (secondary N) is 1. The van der Waals surface area contributed by atoms with Gasteiger partial charge in [-0.25, -0.2) is 10.3 Å². The van der Waals surface area contributed by atoms with E-state index in [-0.39, 0.29) is 0 Å². The van der Waals surface area contributed by atoms with E-state index in [0.29, 0.717) is 6.42 Å². The van der Waals surface area contributed by atoms with E-state index in [1.165, 1.54) is 5.48 Å². The summed E-state index contributed by atoms with van der Waals surface area (Å²) in [7, 11) is 0. The van der Waals surface area contributed by atoms with Crippen LogP contribution < -0.4 is 5.48 Å². The van der Waals surface area contributed by atoms with Crippen molar-refractivity contribution in [2.24, 2.45) is 0 Å². The summed E-state index contributed by atoms with van der Waals surface area (Å²) in [6, 6.07) is 0. The summed E-state index contributed by atoms with van der Waals surface area (Å²) in [5.74, 6) is 0. The van der Waals surface area contributed by atoms with E-state index in [9.17, 15) is 4.79 Å². The molecule has 2 N–H and O–H groups in total. The van der Waals surface area contributed by atoms with Crippen LogP contribution in [0, 0.1) is 0 Å². The highest BCUT2D eigenvalue weighted by molar-refractivity contribution is 5.66. The standard InChI is InChI=1S/C6H13NO3/c1-4-6(2,3)10-5(8)7-9/h9H,4H2,1-3H3,(H,7,8). The fourth-order valence-corrected chi connectivity index (χ4v) is 0.346. The number of rotatable bonds is 2. The van der Waals surface area contributed by atoms with Gasteiger partial charge >= 0.3 is 6.09 Å². The zero-order chi connectivity index (χ0) is 8.20. The molecule has 0 spiro atoms. The Balaban J connectivity index is 3.76. The van der Waals surface area contributed by atoms with E-state index >= 15 is 0 Å². The molecular formula is C6H13NO3. The lowest BCUT2D eigenvalue weighted by molar-refractivity contribution is 0.0103. The lowest BCUT2D eigenvalue weighted by atomic mass is 10.1. The minimum absolute atomic E-state index is 0.507. The van der Waals surface area contributed by atoms with Crippen molar-refractivity contribution in [2.75, 3.05) is 0 Å². The van der Waals surface area contributed by atoms with Crippen LogP contribution in [-0.4, -0.2) is 16.9 Å². The Morgan fingerprint density at radius 1 is 1.70 bits per heavy atom. The van der Waals surface area contributed by atoms with Gasteiger partial charge in [0.25, 0.3) is 0 Å². The average molecular weight is 147 g/mol. The molecule has 0 aliphatic carbocycles. The molecule has 0 aromatic carbocycles. The van der Waals surface area contributed by atoms with E-state index in [0.717, 1.165) is 0 Å². The molecule has 0 radical (unpaired) electrons. The maximum atomic E-state index is 10.4. The summed E-state index contributed by atoms with van der Waals surface area (Å²) >= 11 is 0. The van der Waals surface area contributed by atoms with E-state index in [2.05, 4.69) is 0 Å². The molecule has 0 aliphatic rings. The van der Waals surface area contributed by atoms with E-state index in [1.54, 1.807) is 13.8 Å².